The van der Waals surface area contributed by atoms with Crippen LogP contribution in [0.1, 0.15) is 24.8 Å². The Morgan fingerprint density at radius 2 is 1.64 bits per heavy atom. The van der Waals surface area contributed by atoms with Gasteiger partial charge in [0.15, 0.2) is 11.6 Å². The first-order chi connectivity index (χ1) is 16.0. The van der Waals surface area contributed by atoms with E-state index in [4.69, 9.17) is 4.74 Å². The Kier molecular flexibility index (Phi) is 7.05. The number of ether oxygens (including phenoxy) is 1. The van der Waals surface area contributed by atoms with E-state index in [0.717, 1.165) is 22.4 Å². The molecule has 0 unspecified atom stereocenters. The van der Waals surface area contributed by atoms with E-state index in [1.807, 2.05) is 6.07 Å². The molecule has 6 nitrogen and oxygen atoms in total. The number of para-hydroxylation sites is 2. The van der Waals surface area contributed by atoms with Crippen LogP contribution in [0.15, 0.2) is 83.8 Å². The Labute approximate surface area is 193 Å². The van der Waals surface area contributed by atoms with Crippen LogP contribution in [0.2, 0.25) is 0 Å². The molecule has 0 spiro atoms. The maximum absolute atomic E-state index is 14.9. The molecule has 1 saturated heterocycles. The fourth-order valence-electron chi connectivity index (χ4n) is 3.85. The number of sulfonamides is 1. The first-order valence-electron chi connectivity index (χ1n) is 10.8. The SMILES string of the molecule is O=C1NCCCC[C@H]1N(Cc1ccccc1)S(=O)(=O)c1cccc(F)c1Oc1ccccc1. The zero-order valence-corrected chi connectivity index (χ0v) is 18.8. The highest BCUT2D eigenvalue weighted by Gasteiger charge is 2.38. The number of hydrogen-bond donors (Lipinski definition) is 1. The lowest BCUT2D eigenvalue weighted by molar-refractivity contribution is -0.124. The number of hydrogen-bond acceptors (Lipinski definition) is 4. The molecule has 1 aliphatic heterocycles. The second-order valence-electron chi connectivity index (χ2n) is 7.82. The summed E-state index contributed by atoms with van der Waals surface area (Å²) < 4.78 is 49.6. The zero-order valence-electron chi connectivity index (χ0n) is 18.0. The van der Waals surface area contributed by atoms with Gasteiger partial charge >= 0.3 is 0 Å². The van der Waals surface area contributed by atoms with Crippen molar-refractivity contribution in [2.75, 3.05) is 6.54 Å². The minimum atomic E-state index is -4.31. The molecule has 0 radical (unpaired) electrons. The number of carbonyl (C=O) groups is 1. The maximum atomic E-state index is 14.9. The van der Waals surface area contributed by atoms with Crippen molar-refractivity contribution >= 4 is 15.9 Å². The smallest absolute Gasteiger partial charge is 0.247 e. The van der Waals surface area contributed by atoms with E-state index in [2.05, 4.69) is 5.32 Å². The molecular formula is C25H25FN2O4S. The van der Waals surface area contributed by atoms with Crippen LogP contribution in [0.5, 0.6) is 11.5 Å². The molecule has 8 heteroatoms. The monoisotopic (exact) mass is 468 g/mol. The summed E-state index contributed by atoms with van der Waals surface area (Å²) in [7, 11) is -4.31. The van der Waals surface area contributed by atoms with E-state index in [1.54, 1.807) is 54.6 Å². The molecule has 1 fully saturated rings. The fourth-order valence-corrected chi connectivity index (χ4v) is 5.58. The van der Waals surface area contributed by atoms with Crippen molar-refractivity contribution in [2.24, 2.45) is 0 Å². The standard InChI is InChI=1S/C25H25FN2O4S/c26-21-14-9-16-23(24(21)32-20-12-5-2-6-13-20)33(30,31)28(18-19-10-3-1-4-11-19)22-15-7-8-17-27-25(22)29/h1-6,9-14,16,22H,7-8,15,17-18H2,(H,27,29)/t22-/m1/s1. The molecule has 3 aromatic rings. The highest BCUT2D eigenvalue weighted by Crippen LogP contribution is 2.35. The van der Waals surface area contributed by atoms with Gasteiger partial charge in [0.2, 0.25) is 15.9 Å². The molecule has 0 aromatic heterocycles. The summed E-state index contributed by atoms with van der Waals surface area (Å²) in [5.74, 6) is -1.24. The third-order valence-corrected chi connectivity index (χ3v) is 7.39. The molecule has 172 valence electrons. The number of carbonyl (C=O) groups excluding carboxylic acids is 1. The van der Waals surface area contributed by atoms with Crippen LogP contribution in [0.25, 0.3) is 0 Å². The van der Waals surface area contributed by atoms with Crippen LogP contribution in [0, 0.1) is 5.82 Å². The Morgan fingerprint density at radius 3 is 2.36 bits per heavy atom. The van der Waals surface area contributed by atoms with Gasteiger partial charge in [0.25, 0.3) is 0 Å². The van der Waals surface area contributed by atoms with Gasteiger partial charge in [-0.2, -0.15) is 4.31 Å². The predicted molar refractivity (Wildman–Crippen MR) is 123 cm³/mol. The van der Waals surface area contributed by atoms with Gasteiger partial charge in [-0.25, -0.2) is 12.8 Å². The van der Waals surface area contributed by atoms with Gasteiger partial charge in [0, 0.05) is 13.1 Å². The van der Waals surface area contributed by atoms with Crippen LogP contribution in [0.4, 0.5) is 4.39 Å². The normalized spacial score (nSPS) is 16.8. The zero-order chi connectivity index (χ0) is 23.3. The fraction of sp³-hybridized carbons (Fsp3) is 0.240. The number of halogens is 1. The summed E-state index contributed by atoms with van der Waals surface area (Å²) >= 11 is 0. The lowest BCUT2D eigenvalue weighted by atomic mass is 10.1. The number of nitrogens with one attached hydrogen (secondary N) is 1. The van der Waals surface area contributed by atoms with Crippen molar-refractivity contribution in [1.82, 2.24) is 9.62 Å². The summed E-state index contributed by atoms with van der Waals surface area (Å²) in [4.78, 5) is 12.5. The molecule has 1 aliphatic rings. The van der Waals surface area contributed by atoms with E-state index >= 15 is 0 Å². The van der Waals surface area contributed by atoms with Gasteiger partial charge in [-0.05, 0) is 49.1 Å². The van der Waals surface area contributed by atoms with Crippen LogP contribution < -0.4 is 10.1 Å². The molecule has 3 aromatic carbocycles. The maximum Gasteiger partial charge on any atom is 0.247 e. The first-order valence-corrected chi connectivity index (χ1v) is 12.3. The molecule has 1 amide bonds. The lowest BCUT2D eigenvalue weighted by Crippen LogP contribution is -2.48. The van der Waals surface area contributed by atoms with Crippen LogP contribution >= 0.6 is 0 Å². The topological polar surface area (TPSA) is 75.7 Å². The van der Waals surface area contributed by atoms with E-state index < -0.39 is 27.6 Å². The van der Waals surface area contributed by atoms with Crippen LogP contribution in [-0.2, 0) is 21.4 Å². The third kappa shape index (κ3) is 5.23. The first kappa shape index (κ1) is 22.9. The van der Waals surface area contributed by atoms with Crippen molar-refractivity contribution in [2.45, 2.75) is 36.7 Å². The summed E-state index contributed by atoms with van der Waals surface area (Å²) in [6.45, 7) is 0.472. The van der Waals surface area contributed by atoms with Gasteiger partial charge in [0.1, 0.15) is 16.7 Å². The Bertz CT molecular complexity index is 1200. The molecule has 0 aliphatic carbocycles. The van der Waals surface area contributed by atoms with E-state index in [0.29, 0.717) is 25.1 Å². The van der Waals surface area contributed by atoms with Gasteiger partial charge in [-0.15, -0.1) is 0 Å². The molecule has 1 heterocycles. The summed E-state index contributed by atoms with van der Waals surface area (Å²) in [5.41, 5.74) is 0.722. The van der Waals surface area contributed by atoms with Crippen molar-refractivity contribution in [1.29, 1.82) is 0 Å². The van der Waals surface area contributed by atoms with E-state index in [1.165, 1.54) is 12.1 Å². The number of benzene rings is 3. The van der Waals surface area contributed by atoms with Crippen LogP contribution in [-0.4, -0.2) is 31.2 Å². The van der Waals surface area contributed by atoms with Crippen molar-refractivity contribution < 1.29 is 22.3 Å². The molecule has 33 heavy (non-hydrogen) atoms. The number of rotatable bonds is 7. The molecule has 1 atom stereocenters. The predicted octanol–water partition coefficient (Wildman–Crippen LogP) is 4.48. The number of nitrogens with zero attached hydrogens (tertiary/aromatic N) is 1. The van der Waals surface area contributed by atoms with Crippen molar-refractivity contribution in [3.05, 3.63) is 90.2 Å². The number of amides is 1. The largest absolute Gasteiger partial charge is 0.453 e. The van der Waals surface area contributed by atoms with Crippen molar-refractivity contribution in [3.63, 3.8) is 0 Å². The Morgan fingerprint density at radius 1 is 0.939 bits per heavy atom. The third-order valence-electron chi connectivity index (χ3n) is 5.52. The van der Waals surface area contributed by atoms with Crippen LogP contribution in [0.3, 0.4) is 0 Å². The average Bonchev–Trinajstić information content (AvgIpc) is 3.04. The van der Waals surface area contributed by atoms with E-state index in [9.17, 15) is 17.6 Å². The molecule has 4 rings (SSSR count). The van der Waals surface area contributed by atoms with Gasteiger partial charge < -0.3 is 10.1 Å². The summed E-state index contributed by atoms with van der Waals surface area (Å²) in [6.07, 6.45) is 1.84. The summed E-state index contributed by atoms with van der Waals surface area (Å²) in [5, 5.41) is 2.80. The summed E-state index contributed by atoms with van der Waals surface area (Å²) in [6, 6.07) is 20.3. The quantitative estimate of drug-likeness (QED) is 0.555. The highest BCUT2D eigenvalue weighted by atomic mass is 32.2. The van der Waals surface area contributed by atoms with Crippen molar-refractivity contribution in [3.8, 4) is 11.5 Å². The second kappa shape index (κ2) is 10.1. The van der Waals surface area contributed by atoms with Gasteiger partial charge in [0.05, 0.1) is 0 Å². The van der Waals surface area contributed by atoms with Gasteiger partial charge in [-0.1, -0.05) is 54.6 Å². The lowest BCUT2D eigenvalue weighted by Gasteiger charge is -2.29. The minimum Gasteiger partial charge on any atom is -0.453 e. The molecule has 1 N–H and O–H groups in total. The minimum absolute atomic E-state index is 0.0252. The molecule has 0 bridgehead atoms. The van der Waals surface area contributed by atoms with E-state index in [-0.39, 0.29) is 17.3 Å². The average molecular weight is 469 g/mol. The Balaban J connectivity index is 1.79. The molecular weight excluding hydrogens is 443 g/mol. The molecule has 0 saturated carbocycles. The second-order valence-corrected chi connectivity index (χ2v) is 9.68. The highest BCUT2D eigenvalue weighted by molar-refractivity contribution is 7.89. The van der Waals surface area contributed by atoms with Gasteiger partial charge in [-0.3, -0.25) is 4.79 Å². The Hall–Kier alpha value is -3.23.